The van der Waals surface area contributed by atoms with Gasteiger partial charge in [-0.2, -0.15) is 0 Å². The Bertz CT molecular complexity index is 455. The number of fused-ring (bicyclic) bond motifs is 1. The predicted molar refractivity (Wildman–Crippen MR) is 86.6 cm³/mol. The molecule has 1 aliphatic rings. The fraction of sp³-hybridized carbons (Fsp3) is 0.824. The third-order valence-corrected chi connectivity index (χ3v) is 4.74. The molecular weight excluding hydrogens is 262 g/mol. The lowest BCUT2D eigenvalue weighted by molar-refractivity contribution is 0.164. The first-order valence-electron chi connectivity index (χ1n) is 8.50. The average molecular weight is 293 g/mol. The first kappa shape index (κ1) is 16.5. The summed E-state index contributed by atoms with van der Waals surface area (Å²) in [5, 5.41) is 12.9. The molecular formula is C17H31N3O. The van der Waals surface area contributed by atoms with Crippen molar-refractivity contribution in [2.75, 3.05) is 13.2 Å². The monoisotopic (exact) mass is 293 g/mol. The number of unbranched alkanes of at least 4 members (excludes halogenated alkanes) is 1. The highest BCUT2D eigenvalue weighted by Crippen LogP contribution is 2.23. The van der Waals surface area contributed by atoms with E-state index in [1.165, 1.54) is 36.5 Å². The Hall–Kier alpha value is -0.870. The van der Waals surface area contributed by atoms with E-state index in [4.69, 9.17) is 4.98 Å². The second-order valence-corrected chi connectivity index (χ2v) is 6.62. The lowest BCUT2D eigenvalue weighted by atomic mass is 9.95. The summed E-state index contributed by atoms with van der Waals surface area (Å²) in [5.41, 5.74) is 2.69. The SMILES string of the molecule is CCNC(C)(CO)CCCCn1c(C)nc2c1CCCC2. The summed E-state index contributed by atoms with van der Waals surface area (Å²) in [6.45, 7) is 8.53. The van der Waals surface area contributed by atoms with E-state index < -0.39 is 0 Å². The fourth-order valence-corrected chi connectivity index (χ4v) is 3.47. The van der Waals surface area contributed by atoms with E-state index in [9.17, 15) is 5.11 Å². The van der Waals surface area contributed by atoms with Crippen LogP contribution in [0.25, 0.3) is 0 Å². The maximum absolute atomic E-state index is 9.52. The lowest BCUT2D eigenvalue weighted by Gasteiger charge is -2.28. The molecule has 0 saturated heterocycles. The van der Waals surface area contributed by atoms with Crippen LogP contribution in [0.3, 0.4) is 0 Å². The van der Waals surface area contributed by atoms with Crippen LogP contribution in [0.2, 0.25) is 0 Å². The molecule has 0 aromatic carbocycles. The van der Waals surface area contributed by atoms with Gasteiger partial charge in [0.05, 0.1) is 12.3 Å². The van der Waals surface area contributed by atoms with Crippen molar-refractivity contribution in [2.24, 2.45) is 0 Å². The van der Waals surface area contributed by atoms with Gasteiger partial charge in [-0.3, -0.25) is 0 Å². The van der Waals surface area contributed by atoms with Crippen LogP contribution < -0.4 is 5.32 Å². The van der Waals surface area contributed by atoms with Crippen molar-refractivity contribution in [3.05, 3.63) is 17.2 Å². The summed E-state index contributed by atoms with van der Waals surface area (Å²) < 4.78 is 2.43. The number of nitrogens with zero attached hydrogens (tertiary/aromatic N) is 2. The number of likely N-dealkylation sites (N-methyl/N-ethyl adjacent to an activating group) is 1. The molecule has 0 spiro atoms. The molecule has 1 aromatic heterocycles. The summed E-state index contributed by atoms with van der Waals surface area (Å²) in [5.74, 6) is 1.18. The highest BCUT2D eigenvalue weighted by Gasteiger charge is 2.21. The van der Waals surface area contributed by atoms with Gasteiger partial charge in [0.1, 0.15) is 5.82 Å². The van der Waals surface area contributed by atoms with Crippen LogP contribution in [0.1, 0.15) is 63.2 Å². The van der Waals surface area contributed by atoms with E-state index in [1.807, 2.05) is 0 Å². The third kappa shape index (κ3) is 4.07. The smallest absolute Gasteiger partial charge is 0.106 e. The van der Waals surface area contributed by atoms with E-state index >= 15 is 0 Å². The first-order chi connectivity index (χ1) is 10.1. The number of rotatable bonds is 8. The largest absolute Gasteiger partial charge is 0.394 e. The van der Waals surface area contributed by atoms with Crippen LogP contribution in [0.5, 0.6) is 0 Å². The van der Waals surface area contributed by atoms with E-state index in [0.29, 0.717) is 0 Å². The Balaban J connectivity index is 1.85. The minimum Gasteiger partial charge on any atom is -0.394 e. The minimum absolute atomic E-state index is 0.127. The summed E-state index contributed by atoms with van der Waals surface area (Å²) in [4.78, 5) is 4.73. The molecule has 0 saturated carbocycles. The first-order valence-corrected chi connectivity index (χ1v) is 8.50. The van der Waals surface area contributed by atoms with E-state index in [1.54, 1.807) is 0 Å². The quantitative estimate of drug-likeness (QED) is 0.724. The van der Waals surface area contributed by atoms with Gasteiger partial charge in [-0.15, -0.1) is 0 Å². The molecule has 1 atom stereocenters. The molecule has 1 heterocycles. The van der Waals surface area contributed by atoms with Gasteiger partial charge >= 0.3 is 0 Å². The lowest BCUT2D eigenvalue weighted by Crippen LogP contribution is -2.45. The van der Waals surface area contributed by atoms with Gasteiger partial charge in [0.2, 0.25) is 0 Å². The molecule has 1 aromatic rings. The van der Waals surface area contributed by atoms with Gasteiger partial charge < -0.3 is 15.0 Å². The van der Waals surface area contributed by atoms with Crippen LogP contribution in [-0.2, 0) is 19.4 Å². The summed E-state index contributed by atoms with van der Waals surface area (Å²) in [7, 11) is 0. The van der Waals surface area contributed by atoms with Crippen molar-refractivity contribution in [2.45, 2.75) is 77.8 Å². The zero-order valence-corrected chi connectivity index (χ0v) is 13.9. The van der Waals surface area contributed by atoms with Gasteiger partial charge in [-0.1, -0.05) is 6.92 Å². The number of nitrogens with one attached hydrogen (secondary N) is 1. The van der Waals surface area contributed by atoms with Crippen molar-refractivity contribution in [1.29, 1.82) is 0 Å². The molecule has 4 heteroatoms. The number of aromatic nitrogens is 2. The normalized spacial score (nSPS) is 17.5. The molecule has 2 rings (SSSR count). The maximum atomic E-state index is 9.52. The second-order valence-electron chi connectivity index (χ2n) is 6.62. The molecule has 120 valence electrons. The zero-order chi connectivity index (χ0) is 15.3. The van der Waals surface area contributed by atoms with Crippen molar-refractivity contribution in [1.82, 2.24) is 14.9 Å². The van der Waals surface area contributed by atoms with E-state index in [2.05, 4.69) is 30.7 Å². The van der Waals surface area contributed by atoms with E-state index in [0.717, 1.165) is 38.8 Å². The average Bonchev–Trinajstić information content (AvgIpc) is 2.80. The van der Waals surface area contributed by atoms with Gasteiger partial charge in [0.25, 0.3) is 0 Å². The van der Waals surface area contributed by atoms with Crippen molar-refractivity contribution < 1.29 is 5.11 Å². The van der Waals surface area contributed by atoms with E-state index in [-0.39, 0.29) is 12.1 Å². The Morgan fingerprint density at radius 3 is 2.76 bits per heavy atom. The molecule has 0 radical (unpaired) electrons. The molecule has 0 fully saturated rings. The summed E-state index contributed by atoms with van der Waals surface area (Å²) >= 11 is 0. The maximum Gasteiger partial charge on any atom is 0.106 e. The summed E-state index contributed by atoms with van der Waals surface area (Å²) in [6, 6.07) is 0. The predicted octanol–water partition coefficient (Wildman–Crippen LogP) is 2.60. The van der Waals surface area contributed by atoms with Crippen LogP contribution in [0, 0.1) is 6.92 Å². The molecule has 1 aliphatic carbocycles. The number of aryl methyl sites for hydroxylation is 2. The fourth-order valence-electron chi connectivity index (χ4n) is 3.47. The highest BCUT2D eigenvalue weighted by atomic mass is 16.3. The van der Waals surface area contributed by atoms with Gasteiger partial charge in [-0.25, -0.2) is 4.98 Å². The molecule has 0 amide bonds. The van der Waals surface area contributed by atoms with Crippen molar-refractivity contribution in [3.63, 3.8) is 0 Å². The van der Waals surface area contributed by atoms with Crippen molar-refractivity contribution >= 4 is 0 Å². The van der Waals surface area contributed by atoms with Gasteiger partial charge in [0, 0.05) is 17.8 Å². The zero-order valence-electron chi connectivity index (χ0n) is 13.9. The number of hydrogen-bond donors (Lipinski definition) is 2. The summed E-state index contributed by atoms with van der Waals surface area (Å²) in [6.07, 6.45) is 8.27. The molecule has 0 bridgehead atoms. The van der Waals surface area contributed by atoms with Crippen LogP contribution >= 0.6 is 0 Å². The number of aliphatic hydroxyl groups is 1. The Morgan fingerprint density at radius 1 is 1.29 bits per heavy atom. The molecule has 0 aliphatic heterocycles. The third-order valence-electron chi connectivity index (χ3n) is 4.74. The van der Waals surface area contributed by atoms with Crippen LogP contribution in [0.15, 0.2) is 0 Å². The number of hydrogen-bond acceptors (Lipinski definition) is 3. The van der Waals surface area contributed by atoms with Crippen LogP contribution in [-0.4, -0.2) is 33.3 Å². The standard InChI is InChI=1S/C17H31N3O/c1-4-18-17(3,13-21)11-7-8-12-20-14(2)19-15-9-5-6-10-16(15)20/h18,21H,4-13H2,1-3H3. The number of imidazole rings is 1. The second kappa shape index (κ2) is 7.41. The molecule has 21 heavy (non-hydrogen) atoms. The number of aliphatic hydroxyl groups excluding tert-OH is 1. The van der Waals surface area contributed by atoms with Gasteiger partial charge in [0.15, 0.2) is 0 Å². The highest BCUT2D eigenvalue weighted by molar-refractivity contribution is 5.19. The molecule has 2 N–H and O–H groups in total. The van der Waals surface area contributed by atoms with Crippen LogP contribution in [0.4, 0.5) is 0 Å². The topological polar surface area (TPSA) is 50.1 Å². The molecule has 1 unspecified atom stereocenters. The van der Waals surface area contributed by atoms with Gasteiger partial charge in [-0.05, 0) is 65.3 Å². The molecule has 4 nitrogen and oxygen atoms in total. The Labute approximate surface area is 129 Å². The van der Waals surface area contributed by atoms with Crippen molar-refractivity contribution in [3.8, 4) is 0 Å². The minimum atomic E-state index is -0.127. The Morgan fingerprint density at radius 2 is 2.05 bits per heavy atom. The Kier molecular flexibility index (Phi) is 5.82.